The second kappa shape index (κ2) is 7.97. The van der Waals surface area contributed by atoms with Gasteiger partial charge in [0.2, 0.25) is 5.28 Å². The van der Waals surface area contributed by atoms with Crippen LogP contribution in [0.15, 0.2) is 6.20 Å². The Balaban J connectivity index is 2.39. The molecule has 0 bridgehead atoms. The Morgan fingerprint density at radius 2 is 2.20 bits per heavy atom. The van der Waals surface area contributed by atoms with Crippen LogP contribution in [0.4, 0.5) is 5.82 Å². The first-order chi connectivity index (χ1) is 11.7. The van der Waals surface area contributed by atoms with Crippen molar-refractivity contribution in [1.29, 1.82) is 0 Å². The SMILES string of the molecule is CCOC(=O)C1CNCCN1c1nc(Cl)ncc1C(=O)NC(C)(C)C. The zero-order chi connectivity index (χ0) is 18.6. The number of hydrogen-bond acceptors (Lipinski definition) is 7. The topological polar surface area (TPSA) is 96.4 Å². The fourth-order valence-electron chi connectivity index (χ4n) is 2.55. The number of anilines is 1. The lowest BCUT2D eigenvalue weighted by molar-refractivity contribution is -0.144. The summed E-state index contributed by atoms with van der Waals surface area (Å²) in [4.78, 5) is 34.8. The summed E-state index contributed by atoms with van der Waals surface area (Å²) in [5.41, 5.74) is -0.145. The van der Waals surface area contributed by atoms with Crippen LogP contribution in [0, 0.1) is 0 Å². The number of amides is 1. The largest absolute Gasteiger partial charge is 0.464 e. The number of carbonyl (C=O) groups excluding carboxylic acids is 2. The zero-order valence-electron chi connectivity index (χ0n) is 14.9. The molecule has 0 radical (unpaired) electrons. The first kappa shape index (κ1) is 19.4. The van der Waals surface area contributed by atoms with Gasteiger partial charge in [0.05, 0.1) is 6.61 Å². The van der Waals surface area contributed by atoms with Gasteiger partial charge in [-0.05, 0) is 39.3 Å². The normalized spacial score (nSPS) is 18.0. The molecule has 2 N–H and O–H groups in total. The number of nitrogens with one attached hydrogen (secondary N) is 2. The van der Waals surface area contributed by atoms with Crippen molar-refractivity contribution in [3.63, 3.8) is 0 Å². The number of esters is 1. The van der Waals surface area contributed by atoms with Crippen LogP contribution in [0.5, 0.6) is 0 Å². The van der Waals surface area contributed by atoms with Crippen molar-refractivity contribution in [2.75, 3.05) is 31.1 Å². The molecule has 25 heavy (non-hydrogen) atoms. The summed E-state index contributed by atoms with van der Waals surface area (Å²) in [5.74, 6) is -0.353. The summed E-state index contributed by atoms with van der Waals surface area (Å²) in [6.07, 6.45) is 1.38. The number of carbonyl (C=O) groups is 2. The fourth-order valence-corrected chi connectivity index (χ4v) is 2.67. The lowest BCUT2D eigenvalue weighted by Gasteiger charge is -2.36. The van der Waals surface area contributed by atoms with Gasteiger partial charge in [0.1, 0.15) is 17.4 Å². The highest BCUT2D eigenvalue weighted by atomic mass is 35.5. The van der Waals surface area contributed by atoms with E-state index in [1.54, 1.807) is 11.8 Å². The van der Waals surface area contributed by atoms with Gasteiger partial charge < -0.3 is 20.3 Å². The molecule has 2 heterocycles. The average molecular weight is 370 g/mol. The minimum absolute atomic E-state index is 0.0171. The molecule has 138 valence electrons. The number of halogens is 1. The molecular formula is C16H24ClN5O3. The maximum Gasteiger partial charge on any atom is 0.330 e. The van der Waals surface area contributed by atoms with Crippen LogP contribution in [0.2, 0.25) is 5.28 Å². The summed E-state index contributed by atoms with van der Waals surface area (Å²) in [6.45, 7) is 9.23. The van der Waals surface area contributed by atoms with Crippen LogP contribution in [0.3, 0.4) is 0 Å². The van der Waals surface area contributed by atoms with E-state index >= 15 is 0 Å². The van der Waals surface area contributed by atoms with Crippen LogP contribution in [-0.2, 0) is 9.53 Å². The van der Waals surface area contributed by atoms with E-state index in [0.29, 0.717) is 25.5 Å². The second-order valence-electron chi connectivity index (χ2n) is 6.75. The first-order valence-corrected chi connectivity index (χ1v) is 8.59. The van der Waals surface area contributed by atoms with Crippen LogP contribution < -0.4 is 15.5 Å². The van der Waals surface area contributed by atoms with Gasteiger partial charge in [-0.3, -0.25) is 4.79 Å². The quantitative estimate of drug-likeness (QED) is 0.603. The molecule has 1 unspecified atom stereocenters. The lowest BCUT2D eigenvalue weighted by atomic mass is 10.1. The first-order valence-electron chi connectivity index (χ1n) is 8.22. The number of piperazine rings is 1. The monoisotopic (exact) mass is 369 g/mol. The molecule has 8 nitrogen and oxygen atoms in total. The number of ether oxygens (including phenoxy) is 1. The zero-order valence-corrected chi connectivity index (χ0v) is 15.7. The van der Waals surface area contributed by atoms with E-state index in [9.17, 15) is 9.59 Å². The summed E-state index contributed by atoms with van der Waals surface area (Å²) in [7, 11) is 0. The predicted molar refractivity (Wildman–Crippen MR) is 94.9 cm³/mol. The molecule has 0 saturated carbocycles. The highest BCUT2D eigenvalue weighted by molar-refractivity contribution is 6.28. The molecule has 1 fully saturated rings. The second-order valence-corrected chi connectivity index (χ2v) is 7.08. The molecule has 0 spiro atoms. The van der Waals surface area contributed by atoms with Crippen LogP contribution in [-0.4, -0.2) is 59.7 Å². The van der Waals surface area contributed by atoms with Crippen molar-refractivity contribution in [2.24, 2.45) is 0 Å². The summed E-state index contributed by atoms with van der Waals surface area (Å²) >= 11 is 5.95. The highest BCUT2D eigenvalue weighted by Crippen LogP contribution is 2.23. The van der Waals surface area contributed by atoms with Crippen molar-refractivity contribution in [1.82, 2.24) is 20.6 Å². The Morgan fingerprint density at radius 3 is 2.84 bits per heavy atom. The molecule has 1 atom stereocenters. The Labute approximate surface area is 152 Å². The van der Waals surface area contributed by atoms with Crippen LogP contribution in [0.25, 0.3) is 0 Å². The minimum Gasteiger partial charge on any atom is -0.464 e. The molecule has 1 aromatic rings. The number of aromatic nitrogens is 2. The van der Waals surface area contributed by atoms with E-state index in [2.05, 4.69) is 20.6 Å². The van der Waals surface area contributed by atoms with Gasteiger partial charge in [0.25, 0.3) is 5.91 Å². The van der Waals surface area contributed by atoms with E-state index < -0.39 is 11.6 Å². The number of rotatable bonds is 4. The van der Waals surface area contributed by atoms with E-state index in [4.69, 9.17) is 16.3 Å². The Morgan fingerprint density at radius 1 is 1.48 bits per heavy atom. The number of nitrogens with zero attached hydrogens (tertiary/aromatic N) is 3. The van der Waals surface area contributed by atoms with E-state index in [1.165, 1.54) is 6.20 Å². The van der Waals surface area contributed by atoms with Crippen molar-refractivity contribution in [3.05, 3.63) is 17.0 Å². The molecule has 2 rings (SSSR count). The number of hydrogen-bond donors (Lipinski definition) is 2. The summed E-state index contributed by atoms with van der Waals surface area (Å²) in [6, 6.07) is -0.583. The third kappa shape index (κ3) is 5.02. The fraction of sp³-hybridized carbons (Fsp3) is 0.625. The summed E-state index contributed by atoms with van der Waals surface area (Å²) < 4.78 is 5.15. The van der Waals surface area contributed by atoms with Gasteiger partial charge in [-0.2, -0.15) is 4.98 Å². The molecule has 1 aliphatic heterocycles. The van der Waals surface area contributed by atoms with Crippen molar-refractivity contribution < 1.29 is 14.3 Å². The third-order valence-electron chi connectivity index (χ3n) is 3.55. The maximum absolute atomic E-state index is 12.6. The van der Waals surface area contributed by atoms with Crippen LogP contribution in [0.1, 0.15) is 38.1 Å². The molecule has 1 saturated heterocycles. The van der Waals surface area contributed by atoms with Gasteiger partial charge in [-0.25, -0.2) is 9.78 Å². The highest BCUT2D eigenvalue weighted by Gasteiger charge is 2.34. The third-order valence-corrected chi connectivity index (χ3v) is 3.73. The van der Waals surface area contributed by atoms with Crippen molar-refractivity contribution in [2.45, 2.75) is 39.3 Å². The van der Waals surface area contributed by atoms with Crippen molar-refractivity contribution >= 4 is 29.3 Å². The van der Waals surface area contributed by atoms with Gasteiger partial charge >= 0.3 is 5.97 Å². The Bertz CT molecular complexity index is 647. The van der Waals surface area contributed by atoms with Gasteiger partial charge in [0, 0.05) is 31.4 Å². The average Bonchev–Trinajstić information content (AvgIpc) is 2.53. The van der Waals surface area contributed by atoms with E-state index in [0.717, 1.165) is 0 Å². The Kier molecular flexibility index (Phi) is 6.18. The molecule has 0 aliphatic carbocycles. The summed E-state index contributed by atoms with van der Waals surface area (Å²) in [5, 5.41) is 6.06. The maximum atomic E-state index is 12.6. The smallest absolute Gasteiger partial charge is 0.330 e. The van der Waals surface area contributed by atoms with Gasteiger partial charge in [0.15, 0.2) is 0 Å². The molecule has 1 aliphatic rings. The van der Waals surface area contributed by atoms with Crippen molar-refractivity contribution in [3.8, 4) is 0 Å². The van der Waals surface area contributed by atoms with E-state index in [1.807, 2.05) is 20.8 Å². The van der Waals surface area contributed by atoms with Crippen LogP contribution >= 0.6 is 11.6 Å². The molecule has 0 aromatic carbocycles. The van der Waals surface area contributed by atoms with Gasteiger partial charge in [-0.1, -0.05) is 0 Å². The minimum atomic E-state index is -0.583. The molecule has 1 amide bonds. The van der Waals surface area contributed by atoms with Gasteiger partial charge in [-0.15, -0.1) is 0 Å². The lowest BCUT2D eigenvalue weighted by Crippen LogP contribution is -2.56. The predicted octanol–water partition coefficient (Wildman–Crippen LogP) is 1.000. The van der Waals surface area contributed by atoms with E-state index in [-0.39, 0.29) is 29.3 Å². The standard InChI is InChI=1S/C16H24ClN5O3/c1-5-25-14(24)11-9-18-6-7-22(11)12-10(8-19-15(17)20-12)13(23)21-16(2,3)4/h8,11,18H,5-7,9H2,1-4H3,(H,21,23). The molecule has 1 aromatic heterocycles. The molecule has 9 heteroatoms. The molecular weight excluding hydrogens is 346 g/mol. The Hall–Kier alpha value is -1.93.